The number of carbonyl (C=O) groups is 1. The van der Waals surface area contributed by atoms with Crippen molar-refractivity contribution in [2.24, 2.45) is 16.3 Å². The van der Waals surface area contributed by atoms with Gasteiger partial charge in [-0.05, 0) is 34.8 Å². The lowest BCUT2D eigenvalue weighted by atomic mass is 9.79. The maximum Gasteiger partial charge on any atom is 0.254 e. The van der Waals surface area contributed by atoms with Gasteiger partial charge in [0.2, 0.25) is 0 Å². The molecule has 0 spiro atoms. The van der Waals surface area contributed by atoms with Crippen molar-refractivity contribution in [3.8, 4) is 0 Å². The first-order chi connectivity index (χ1) is 8.96. The maximum absolute atomic E-state index is 12.3. The van der Waals surface area contributed by atoms with E-state index in [1.165, 1.54) is 11.3 Å². The SMILES string of the molecule is CC1(C(N)=NO)CCN(C(=O)c2csc(Br)c2)CC1. The average molecular weight is 346 g/mol. The molecule has 0 aliphatic carbocycles. The van der Waals surface area contributed by atoms with Crippen LogP contribution in [0.1, 0.15) is 30.1 Å². The minimum atomic E-state index is -0.319. The van der Waals surface area contributed by atoms with E-state index in [2.05, 4.69) is 21.1 Å². The van der Waals surface area contributed by atoms with E-state index in [1.54, 1.807) is 0 Å². The summed E-state index contributed by atoms with van der Waals surface area (Å²) in [6, 6.07) is 1.84. The molecular formula is C12H16BrN3O2S. The van der Waals surface area contributed by atoms with Gasteiger partial charge in [0.25, 0.3) is 5.91 Å². The fourth-order valence-electron chi connectivity index (χ4n) is 2.18. The number of amidine groups is 1. The molecule has 1 aromatic heterocycles. The highest BCUT2D eigenvalue weighted by Crippen LogP contribution is 2.32. The number of hydrogen-bond acceptors (Lipinski definition) is 4. The molecule has 2 rings (SSSR count). The van der Waals surface area contributed by atoms with Gasteiger partial charge in [-0.2, -0.15) is 0 Å². The van der Waals surface area contributed by atoms with Crippen molar-refractivity contribution in [2.45, 2.75) is 19.8 Å². The first kappa shape index (κ1) is 14.3. The van der Waals surface area contributed by atoms with Crippen LogP contribution in [0.3, 0.4) is 0 Å². The Morgan fingerprint density at radius 3 is 2.68 bits per heavy atom. The molecule has 1 fully saturated rings. The molecule has 2 heterocycles. The van der Waals surface area contributed by atoms with Crippen LogP contribution in [-0.2, 0) is 0 Å². The molecule has 104 valence electrons. The molecule has 1 aromatic rings. The number of oxime groups is 1. The number of hydrogen-bond donors (Lipinski definition) is 2. The number of nitrogens with two attached hydrogens (primary N) is 1. The Morgan fingerprint density at radius 1 is 1.58 bits per heavy atom. The second-order valence-electron chi connectivity index (χ2n) is 4.98. The number of carbonyl (C=O) groups excluding carboxylic acids is 1. The number of thiophene rings is 1. The van der Waals surface area contributed by atoms with Crippen LogP contribution < -0.4 is 5.73 Å². The van der Waals surface area contributed by atoms with Crippen molar-refractivity contribution in [2.75, 3.05) is 13.1 Å². The van der Waals surface area contributed by atoms with Gasteiger partial charge in [0.05, 0.1) is 9.35 Å². The Balaban J connectivity index is 2.02. The summed E-state index contributed by atoms with van der Waals surface area (Å²) in [5.41, 5.74) is 6.10. The van der Waals surface area contributed by atoms with E-state index in [9.17, 15) is 4.79 Å². The Morgan fingerprint density at radius 2 is 2.21 bits per heavy atom. The second kappa shape index (κ2) is 5.50. The van der Waals surface area contributed by atoms with E-state index >= 15 is 0 Å². The summed E-state index contributed by atoms with van der Waals surface area (Å²) in [5, 5.41) is 13.7. The molecule has 1 amide bonds. The Kier molecular flexibility index (Phi) is 4.15. The van der Waals surface area contributed by atoms with Crippen LogP contribution in [0.5, 0.6) is 0 Å². The molecule has 0 unspecified atom stereocenters. The van der Waals surface area contributed by atoms with E-state index in [1.807, 2.05) is 23.3 Å². The first-order valence-electron chi connectivity index (χ1n) is 5.97. The number of amides is 1. The van der Waals surface area contributed by atoms with Crippen LogP contribution in [0.4, 0.5) is 0 Å². The Labute approximate surface area is 124 Å². The molecule has 0 aromatic carbocycles. The van der Waals surface area contributed by atoms with Crippen LogP contribution in [0, 0.1) is 5.41 Å². The van der Waals surface area contributed by atoms with Crippen molar-refractivity contribution in [1.82, 2.24) is 4.90 Å². The highest BCUT2D eigenvalue weighted by molar-refractivity contribution is 9.11. The number of nitrogens with zero attached hydrogens (tertiary/aromatic N) is 2. The van der Waals surface area contributed by atoms with Gasteiger partial charge in [-0.15, -0.1) is 11.3 Å². The van der Waals surface area contributed by atoms with Gasteiger partial charge in [0.1, 0.15) is 5.84 Å². The molecule has 0 saturated carbocycles. The average Bonchev–Trinajstić information content (AvgIpc) is 2.84. The zero-order chi connectivity index (χ0) is 14.0. The summed E-state index contributed by atoms with van der Waals surface area (Å²) in [5.74, 6) is 0.293. The lowest BCUT2D eigenvalue weighted by molar-refractivity contribution is 0.0667. The standard InChI is InChI=1S/C12H16BrN3O2S/c1-12(11(14)15-18)2-4-16(5-3-12)10(17)8-6-9(13)19-7-8/h6-7,18H,2-5H2,1H3,(H2,14,15). The third-order valence-electron chi connectivity index (χ3n) is 3.69. The van der Waals surface area contributed by atoms with Gasteiger partial charge in [-0.3, -0.25) is 4.79 Å². The van der Waals surface area contributed by atoms with Gasteiger partial charge in [-0.25, -0.2) is 0 Å². The molecule has 19 heavy (non-hydrogen) atoms. The van der Waals surface area contributed by atoms with E-state index in [0.29, 0.717) is 31.5 Å². The third-order valence-corrected chi connectivity index (χ3v) is 5.20. The van der Waals surface area contributed by atoms with E-state index < -0.39 is 0 Å². The van der Waals surface area contributed by atoms with Gasteiger partial charge in [-0.1, -0.05) is 12.1 Å². The lowest BCUT2D eigenvalue weighted by Crippen LogP contribution is -2.47. The van der Waals surface area contributed by atoms with Crippen LogP contribution in [0.2, 0.25) is 0 Å². The van der Waals surface area contributed by atoms with E-state index in [0.717, 1.165) is 3.79 Å². The molecule has 0 bridgehead atoms. The van der Waals surface area contributed by atoms with Crippen molar-refractivity contribution < 1.29 is 10.0 Å². The normalized spacial score (nSPS) is 19.5. The first-order valence-corrected chi connectivity index (χ1v) is 7.65. The predicted molar refractivity (Wildman–Crippen MR) is 78.7 cm³/mol. The fourth-order valence-corrected chi connectivity index (χ4v) is 3.32. The van der Waals surface area contributed by atoms with Crippen molar-refractivity contribution in [3.05, 3.63) is 20.8 Å². The summed E-state index contributed by atoms with van der Waals surface area (Å²) >= 11 is 4.86. The van der Waals surface area contributed by atoms with Gasteiger partial charge in [0.15, 0.2) is 0 Å². The Hall–Kier alpha value is -1.08. The smallest absolute Gasteiger partial charge is 0.254 e. The highest BCUT2D eigenvalue weighted by Gasteiger charge is 2.35. The van der Waals surface area contributed by atoms with Gasteiger partial charge in [0, 0.05) is 23.9 Å². The molecule has 0 atom stereocenters. The number of likely N-dealkylation sites (tertiary alicyclic amines) is 1. The topological polar surface area (TPSA) is 78.9 Å². The van der Waals surface area contributed by atoms with E-state index in [-0.39, 0.29) is 17.2 Å². The summed E-state index contributed by atoms with van der Waals surface area (Å²) in [6.45, 7) is 3.21. The molecule has 1 saturated heterocycles. The monoisotopic (exact) mass is 345 g/mol. The van der Waals surface area contributed by atoms with Crippen molar-refractivity contribution in [3.63, 3.8) is 0 Å². The molecular weight excluding hydrogens is 330 g/mol. The summed E-state index contributed by atoms with van der Waals surface area (Å²) in [4.78, 5) is 14.1. The van der Waals surface area contributed by atoms with Crippen LogP contribution >= 0.6 is 27.3 Å². The van der Waals surface area contributed by atoms with Crippen LogP contribution in [-0.4, -0.2) is 34.9 Å². The number of piperidine rings is 1. The van der Waals surface area contributed by atoms with Crippen LogP contribution in [0.25, 0.3) is 0 Å². The molecule has 5 nitrogen and oxygen atoms in total. The van der Waals surface area contributed by atoms with Crippen LogP contribution in [0.15, 0.2) is 20.4 Å². The fraction of sp³-hybridized carbons (Fsp3) is 0.500. The quantitative estimate of drug-likeness (QED) is 0.374. The molecule has 1 aliphatic rings. The number of halogens is 1. The number of rotatable bonds is 2. The maximum atomic E-state index is 12.3. The summed E-state index contributed by atoms with van der Waals surface area (Å²) in [7, 11) is 0. The van der Waals surface area contributed by atoms with Gasteiger partial charge < -0.3 is 15.8 Å². The zero-order valence-corrected chi connectivity index (χ0v) is 13.0. The summed E-state index contributed by atoms with van der Waals surface area (Å²) in [6.07, 6.45) is 1.42. The third kappa shape index (κ3) is 2.92. The van der Waals surface area contributed by atoms with Gasteiger partial charge >= 0.3 is 0 Å². The molecule has 7 heteroatoms. The molecule has 0 radical (unpaired) electrons. The Bertz CT molecular complexity index is 507. The molecule has 1 aliphatic heterocycles. The van der Waals surface area contributed by atoms with Crippen molar-refractivity contribution >= 4 is 39.0 Å². The minimum Gasteiger partial charge on any atom is -0.409 e. The highest BCUT2D eigenvalue weighted by atomic mass is 79.9. The predicted octanol–water partition coefficient (Wildman–Crippen LogP) is 2.50. The molecule has 3 N–H and O–H groups in total. The largest absolute Gasteiger partial charge is 0.409 e. The lowest BCUT2D eigenvalue weighted by Gasteiger charge is -2.38. The second-order valence-corrected chi connectivity index (χ2v) is 7.27. The van der Waals surface area contributed by atoms with Crippen molar-refractivity contribution in [1.29, 1.82) is 0 Å². The minimum absolute atomic E-state index is 0.0449. The zero-order valence-electron chi connectivity index (χ0n) is 10.6. The van der Waals surface area contributed by atoms with E-state index in [4.69, 9.17) is 10.9 Å². The summed E-state index contributed by atoms with van der Waals surface area (Å²) < 4.78 is 0.953.